The van der Waals surface area contributed by atoms with Crippen LogP contribution >= 0.6 is 23.4 Å². The molecule has 0 radical (unpaired) electrons. The van der Waals surface area contributed by atoms with E-state index in [1.807, 2.05) is 17.8 Å². The Kier molecular flexibility index (Phi) is 1.93. The van der Waals surface area contributed by atoms with Crippen LogP contribution in [0.15, 0.2) is 47.4 Å². The first-order chi connectivity index (χ1) is 8.34. The zero-order chi connectivity index (χ0) is 11.4. The number of benzene rings is 2. The van der Waals surface area contributed by atoms with E-state index < -0.39 is 0 Å². The van der Waals surface area contributed by atoms with Gasteiger partial charge in [0.25, 0.3) is 5.15 Å². The van der Waals surface area contributed by atoms with Crippen LogP contribution < -0.4 is 4.57 Å². The molecular weight excluding hydrogens is 250 g/mol. The molecular formula is C14H9ClNS+. The van der Waals surface area contributed by atoms with Crippen LogP contribution in [-0.4, -0.2) is 0 Å². The highest BCUT2D eigenvalue weighted by molar-refractivity contribution is 7.98. The molecule has 4 rings (SSSR count). The lowest BCUT2D eigenvalue weighted by atomic mass is 10.1. The number of aromatic nitrogens is 1. The van der Waals surface area contributed by atoms with Crippen molar-refractivity contribution in [1.82, 2.24) is 0 Å². The first-order valence-corrected chi connectivity index (χ1v) is 6.87. The Balaban J connectivity index is 2.39. The Labute approximate surface area is 108 Å². The van der Waals surface area contributed by atoms with E-state index in [9.17, 15) is 0 Å². The van der Waals surface area contributed by atoms with Gasteiger partial charge in [-0.2, -0.15) is 4.57 Å². The van der Waals surface area contributed by atoms with E-state index in [4.69, 9.17) is 11.6 Å². The number of halogens is 1. The fourth-order valence-electron chi connectivity index (χ4n) is 2.50. The molecule has 0 spiro atoms. The lowest BCUT2D eigenvalue weighted by molar-refractivity contribution is -0.646. The number of nitrogens with zero attached hydrogens (tertiary/aromatic N) is 1. The topological polar surface area (TPSA) is 3.88 Å². The molecule has 0 saturated heterocycles. The average molecular weight is 259 g/mol. The summed E-state index contributed by atoms with van der Waals surface area (Å²) < 4.78 is 2.19. The minimum absolute atomic E-state index is 0.812. The predicted octanol–water partition coefficient (Wildman–Crippen LogP) is 4.00. The molecule has 17 heavy (non-hydrogen) atoms. The zero-order valence-electron chi connectivity index (χ0n) is 8.98. The molecule has 1 aliphatic rings. The molecule has 0 aliphatic carbocycles. The second-order valence-corrected chi connectivity index (χ2v) is 5.59. The summed E-state index contributed by atoms with van der Waals surface area (Å²) in [6.07, 6.45) is 0. The Bertz CT molecular complexity index is 767. The quantitative estimate of drug-likeness (QED) is 0.335. The van der Waals surface area contributed by atoms with E-state index in [-0.39, 0.29) is 0 Å². The van der Waals surface area contributed by atoms with Crippen LogP contribution in [0.2, 0.25) is 5.15 Å². The normalized spacial score (nSPS) is 13.7. The molecule has 1 aromatic heterocycles. The minimum atomic E-state index is 0.812. The fourth-order valence-corrected chi connectivity index (χ4v) is 3.85. The SMILES string of the molecule is Clc1ccc2ccc3cccc4c3c2[n+]1CS4. The van der Waals surface area contributed by atoms with Crippen molar-refractivity contribution in [3.63, 3.8) is 0 Å². The number of thioether (sulfide) groups is 1. The highest BCUT2D eigenvalue weighted by Gasteiger charge is 2.23. The van der Waals surface area contributed by atoms with E-state index in [2.05, 4.69) is 41.0 Å². The predicted molar refractivity (Wildman–Crippen MR) is 72.5 cm³/mol. The maximum Gasteiger partial charge on any atom is 0.276 e. The highest BCUT2D eigenvalue weighted by atomic mass is 35.5. The van der Waals surface area contributed by atoms with E-state index in [1.165, 1.54) is 26.6 Å². The third-order valence-corrected chi connectivity index (χ3v) is 4.66. The summed E-state index contributed by atoms with van der Waals surface area (Å²) in [7, 11) is 0. The number of hydrogen-bond donors (Lipinski definition) is 0. The third kappa shape index (κ3) is 1.25. The van der Waals surface area contributed by atoms with Gasteiger partial charge in [-0.25, -0.2) is 0 Å². The maximum atomic E-state index is 6.28. The van der Waals surface area contributed by atoms with Crippen molar-refractivity contribution >= 4 is 45.0 Å². The highest BCUT2D eigenvalue weighted by Crippen LogP contribution is 2.36. The Hall–Kier alpha value is -1.25. The van der Waals surface area contributed by atoms with Gasteiger partial charge in [0.05, 0.1) is 5.39 Å². The van der Waals surface area contributed by atoms with Crippen molar-refractivity contribution < 1.29 is 4.57 Å². The third-order valence-electron chi connectivity index (χ3n) is 3.29. The lowest BCUT2D eigenvalue weighted by Gasteiger charge is -2.13. The van der Waals surface area contributed by atoms with Crippen LogP contribution in [0.25, 0.3) is 21.7 Å². The molecule has 3 aromatic rings. The van der Waals surface area contributed by atoms with Gasteiger partial charge < -0.3 is 0 Å². The first kappa shape index (κ1) is 9.75. The van der Waals surface area contributed by atoms with Crippen molar-refractivity contribution in [2.24, 2.45) is 0 Å². The van der Waals surface area contributed by atoms with Crippen LogP contribution in [0.4, 0.5) is 0 Å². The molecule has 0 atom stereocenters. The molecule has 1 aliphatic heterocycles. The molecule has 0 fully saturated rings. The van der Waals surface area contributed by atoms with Crippen LogP contribution in [0.1, 0.15) is 0 Å². The largest absolute Gasteiger partial charge is 0.276 e. The van der Waals surface area contributed by atoms with Gasteiger partial charge in [0, 0.05) is 16.3 Å². The second kappa shape index (κ2) is 3.37. The van der Waals surface area contributed by atoms with Crippen LogP contribution in [-0.2, 0) is 5.88 Å². The van der Waals surface area contributed by atoms with E-state index in [1.54, 1.807) is 0 Å². The summed E-state index contributed by atoms with van der Waals surface area (Å²) >= 11 is 8.13. The summed E-state index contributed by atoms with van der Waals surface area (Å²) in [5, 5.41) is 4.70. The van der Waals surface area contributed by atoms with Gasteiger partial charge in [0.2, 0.25) is 11.4 Å². The molecule has 2 aromatic carbocycles. The van der Waals surface area contributed by atoms with E-state index in [0.717, 1.165) is 11.0 Å². The molecule has 0 N–H and O–H groups in total. The number of hydrogen-bond acceptors (Lipinski definition) is 1. The Morgan fingerprint density at radius 1 is 1.00 bits per heavy atom. The lowest BCUT2D eigenvalue weighted by Crippen LogP contribution is -2.36. The monoisotopic (exact) mass is 258 g/mol. The Morgan fingerprint density at radius 3 is 2.76 bits per heavy atom. The molecule has 82 valence electrons. The Morgan fingerprint density at radius 2 is 1.82 bits per heavy atom. The first-order valence-electron chi connectivity index (χ1n) is 5.51. The van der Waals surface area contributed by atoms with Crippen molar-refractivity contribution in [2.45, 2.75) is 10.8 Å². The van der Waals surface area contributed by atoms with Gasteiger partial charge >= 0.3 is 0 Å². The van der Waals surface area contributed by atoms with Crippen LogP contribution in [0.3, 0.4) is 0 Å². The molecule has 2 heterocycles. The summed E-state index contributed by atoms with van der Waals surface area (Å²) in [6.45, 7) is 0. The molecule has 0 unspecified atom stereocenters. The fraction of sp³-hybridized carbons (Fsp3) is 0.0714. The van der Waals surface area contributed by atoms with Gasteiger partial charge in [-0.15, -0.1) is 0 Å². The summed E-state index contributed by atoms with van der Waals surface area (Å²) in [4.78, 5) is 1.36. The van der Waals surface area contributed by atoms with Crippen molar-refractivity contribution in [2.75, 3.05) is 0 Å². The van der Waals surface area contributed by atoms with Crippen molar-refractivity contribution in [3.8, 4) is 0 Å². The minimum Gasteiger partial charge on any atom is -0.171 e. The van der Waals surface area contributed by atoms with Gasteiger partial charge in [0.15, 0.2) is 0 Å². The molecule has 1 nitrogen and oxygen atoms in total. The zero-order valence-corrected chi connectivity index (χ0v) is 10.6. The average Bonchev–Trinajstić information content (AvgIpc) is 2.38. The van der Waals surface area contributed by atoms with Gasteiger partial charge in [-0.05, 0) is 35.2 Å². The number of rotatable bonds is 0. The van der Waals surface area contributed by atoms with Crippen LogP contribution in [0, 0.1) is 0 Å². The molecule has 0 saturated carbocycles. The maximum absolute atomic E-state index is 6.28. The van der Waals surface area contributed by atoms with E-state index >= 15 is 0 Å². The second-order valence-electron chi connectivity index (χ2n) is 4.22. The van der Waals surface area contributed by atoms with E-state index in [0.29, 0.717) is 0 Å². The van der Waals surface area contributed by atoms with Gasteiger partial charge in [-0.3, -0.25) is 0 Å². The standard InChI is InChI=1S/C14H9ClNS/c15-12-7-6-10-5-4-9-2-1-3-11-13(9)14(10)16(12)8-17-11/h1-7H,8H2/q+1. The smallest absolute Gasteiger partial charge is 0.171 e. The van der Waals surface area contributed by atoms with Crippen LogP contribution in [0.5, 0.6) is 0 Å². The van der Waals surface area contributed by atoms with Crippen molar-refractivity contribution in [3.05, 3.63) is 47.6 Å². The summed E-state index contributed by atoms with van der Waals surface area (Å²) in [5.74, 6) is 0.895. The molecule has 0 bridgehead atoms. The van der Waals surface area contributed by atoms with Crippen molar-refractivity contribution in [1.29, 1.82) is 0 Å². The number of pyridine rings is 1. The molecule has 0 amide bonds. The van der Waals surface area contributed by atoms with Gasteiger partial charge in [0.1, 0.15) is 0 Å². The van der Waals surface area contributed by atoms with Gasteiger partial charge in [-0.1, -0.05) is 30.0 Å². The molecule has 3 heteroatoms. The summed E-state index contributed by atoms with van der Waals surface area (Å²) in [6, 6.07) is 14.9. The summed E-state index contributed by atoms with van der Waals surface area (Å²) in [5.41, 5.74) is 1.27.